The van der Waals surface area contributed by atoms with Crippen LogP contribution in [0, 0.1) is 0 Å². The highest BCUT2D eigenvalue weighted by atomic mass is 16.2. The smallest absolute Gasteiger partial charge is 0.269 e. The summed E-state index contributed by atoms with van der Waals surface area (Å²) in [5.74, 6) is -0.310. The highest BCUT2D eigenvalue weighted by Crippen LogP contribution is 2.12. The summed E-state index contributed by atoms with van der Waals surface area (Å²) in [5, 5.41) is 3.22. The van der Waals surface area contributed by atoms with Gasteiger partial charge >= 0.3 is 0 Å². The third kappa shape index (κ3) is 4.01. The number of para-hydroxylation sites is 1. The molecule has 0 radical (unpaired) electrons. The lowest BCUT2D eigenvalue weighted by atomic mass is 10.2. The lowest BCUT2D eigenvalue weighted by Gasteiger charge is -2.14. The zero-order valence-electron chi connectivity index (χ0n) is 15.7. The van der Waals surface area contributed by atoms with E-state index in [-0.39, 0.29) is 17.4 Å². The predicted octanol–water partition coefficient (Wildman–Crippen LogP) is 2.52. The van der Waals surface area contributed by atoms with Gasteiger partial charge in [-0.3, -0.25) is 29.8 Å². The average Bonchev–Trinajstić information content (AvgIpc) is 2.72. The molecule has 28 heavy (non-hydrogen) atoms. The number of aromatic nitrogens is 2. The van der Waals surface area contributed by atoms with Gasteiger partial charge in [0.1, 0.15) is 0 Å². The van der Waals surface area contributed by atoms with E-state index >= 15 is 0 Å². The van der Waals surface area contributed by atoms with Crippen molar-refractivity contribution in [3.8, 4) is 0 Å². The molecule has 0 saturated heterocycles. The fourth-order valence-electron chi connectivity index (χ4n) is 2.73. The predicted molar refractivity (Wildman–Crippen MR) is 108 cm³/mol. The van der Waals surface area contributed by atoms with Crippen molar-refractivity contribution in [2.24, 2.45) is 0 Å². The van der Waals surface area contributed by atoms with Gasteiger partial charge in [0.25, 0.3) is 11.5 Å². The van der Waals surface area contributed by atoms with E-state index in [1.54, 1.807) is 55.5 Å². The Morgan fingerprint density at radius 3 is 2.61 bits per heavy atom. The molecule has 0 saturated carbocycles. The molecule has 144 valence electrons. The molecule has 1 heterocycles. The number of fused-ring (bicyclic) bond motifs is 1. The zero-order valence-corrected chi connectivity index (χ0v) is 15.7. The van der Waals surface area contributed by atoms with Crippen molar-refractivity contribution in [3.63, 3.8) is 0 Å². The second-order valence-electron chi connectivity index (χ2n) is 6.06. The first-order valence-corrected chi connectivity index (χ1v) is 8.99. The number of rotatable bonds is 6. The van der Waals surface area contributed by atoms with Gasteiger partial charge in [-0.2, -0.15) is 0 Å². The van der Waals surface area contributed by atoms with Gasteiger partial charge in [-0.05, 0) is 37.3 Å². The lowest BCUT2D eigenvalue weighted by molar-refractivity contribution is -0.115. The maximum absolute atomic E-state index is 12.6. The van der Waals surface area contributed by atoms with E-state index in [2.05, 4.69) is 21.2 Å². The Hall–Kier alpha value is -3.68. The van der Waals surface area contributed by atoms with Crippen molar-refractivity contribution in [1.82, 2.24) is 15.0 Å². The third-order valence-electron chi connectivity index (χ3n) is 4.20. The summed E-state index contributed by atoms with van der Waals surface area (Å²) >= 11 is 0. The standard InChI is InChI=1S/C20H21N5O3/c1-3-17(26)21-14-9-7-8-13(12-14)18(27)23-24-20-22-16-11-6-5-10-15(16)19(28)25(20)4-2/h5-12H,3-4H2,1-2H3,(H,21,26)(H,22,24)(H,23,27). The van der Waals surface area contributed by atoms with Crippen LogP contribution in [0.5, 0.6) is 0 Å². The number of carbonyl (C=O) groups is 2. The zero-order chi connectivity index (χ0) is 20.1. The normalized spacial score (nSPS) is 10.5. The quantitative estimate of drug-likeness (QED) is 0.571. The number of nitrogens with one attached hydrogen (secondary N) is 3. The van der Waals surface area contributed by atoms with Gasteiger partial charge in [-0.1, -0.05) is 25.1 Å². The third-order valence-corrected chi connectivity index (χ3v) is 4.20. The van der Waals surface area contributed by atoms with Gasteiger partial charge in [-0.15, -0.1) is 0 Å². The van der Waals surface area contributed by atoms with Crippen molar-refractivity contribution in [2.75, 3.05) is 10.7 Å². The Bertz CT molecular complexity index is 1090. The van der Waals surface area contributed by atoms with Gasteiger partial charge in [0.05, 0.1) is 10.9 Å². The van der Waals surface area contributed by atoms with E-state index in [9.17, 15) is 14.4 Å². The summed E-state index contributed by atoms with van der Waals surface area (Å²) in [7, 11) is 0. The largest absolute Gasteiger partial charge is 0.326 e. The monoisotopic (exact) mass is 379 g/mol. The van der Waals surface area contributed by atoms with E-state index in [0.29, 0.717) is 35.1 Å². The molecule has 0 unspecified atom stereocenters. The van der Waals surface area contributed by atoms with E-state index in [1.807, 2.05) is 6.92 Å². The van der Waals surface area contributed by atoms with Crippen LogP contribution in [0.3, 0.4) is 0 Å². The van der Waals surface area contributed by atoms with Crippen LogP contribution in [0.4, 0.5) is 11.6 Å². The Morgan fingerprint density at radius 2 is 1.86 bits per heavy atom. The van der Waals surface area contributed by atoms with Crippen LogP contribution in [0.25, 0.3) is 10.9 Å². The molecule has 8 nitrogen and oxygen atoms in total. The number of hydrazine groups is 1. The van der Waals surface area contributed by atoms with Gasteiger partial charge in [0, 0.05) is 24.2 Å². The summed E-state index contributed by atoms with van der Waals surface area (Å²) in [6.45, 7) is 3.97. The summed E-state index contributed by atoms with van der Waals surface area (Å²) in [4.78, 5) is 41.0. The summed E-state index contributed by atoms with van der Waals surface area (Å²) in [6, 6.07) is 13.6. The molecule has 2 amide bonds. The first-order valence-electron chi connectivity index (χ1n) is 8.99. The number of amides is 2. The van der Waals surface area contributed by atoms with Gasteiger partial charge in [0.2, 0.25) is 11.9 Å². The molecule has 3 rings (SSSR count). The first-order chi connectivity index (χ1) is 13.5. The van der Waals surface area contributed by atoms with Crippen molar-refractivity contribution in [1.29, 1.82) is 0 Å². The van der Waals surface area contributed by atoms with E-state index in [4.69, 9.17) is 0 Å². The van der Waals surface area contributed by atoms with Crippen molar-refractivity contribution >= 4 is 34.4 Å². The molecule has 0 spiro atoms. The van der Waals surface area contributed by atoms with Crippen LogP contribution in [-0.4, -0.2) is 21.4 Å². The Kier molecular flexibility index (Phi) is 5.69. The number of nitrogens with zero attached hydrogens (tertiary/aromatic N) is 2. The first kappa shape index (κ1) is 19.1. The molecule has 1 aromatic heterocycles. The Balaban J connectivity index is 1.81. The molecular formula is C20H21N5O3. The molecule has 0 aliphatic heterocycles. The van der Waals surface area contributed by atoms with E-state index in [0.717, 1.165) is 0 Å². The molecule has 0 aliphatic rings. The SMILES string of the molecule is CCC(=O)Nc1cccc(C(=O)NNc2nc3ccccc3c(=O)n2CC)c1. The van der Waals surface area contributed by atoms with Gasteiger partial charge in [0.15, 0.2) is 0 Å². The van der Waals surface area contributed by atoms with Crippen LogP contribution in [0.2, 0.25) is 0 Å². The minimum absolute atomic E-state index is 0.136. The fraction of sp³-hybridized carbons (Fsp3) is 0.200. The second-order valence-corrected chi connectivity index (χ2v) is 6.06. The molecular weight excluding hydrogens is 358 g/mol. The molecule has 3 N–H and O–H groups in total. The lowest BCUT2D eigenvalue weighted by Crippen LogP contribution is -2.34. The second kappa shape index (κ2) is 8.34. The van der Waals surface area contributed by atoms with E-state index < -0.39 is 5.91 Å². The molecule has 2 aromatic carbocycles. The number of anilines is 2. The summed E-state index contributed by atoms with van der Waals surface area (Å²) in [5.41, 5.74) is 6.53. The number of hydrogen-bond donors (Lipinski definition) is 3. The van der Waals surface area contributed by atoms with Crippen molar-refractivity contribution in [3.05, 3.63) is 64.4 Å². The Labute approximate surface area is 161 Å². The van der Waals surface area contributed by atoms with Crippen LogP contribution in [0.15, 0.2) is 53.3 Å². The minimum Gasteiger partial charge on any atom is -0.326 e. The Morgan fingerprint density at radius 1 is 1.07 bits per heavy atom. The fourth-order valence-corrected chi connectivity index (χ4v) is 2.73. The maximum Gasteiger partial charge on any atom is 0.269 e. The molecule has 0 bridgehead atoms. The number of hydrogen-bond acceptors (Lipinski definition) is 5. The topological polar surface area (TPSA) is 105 Å². The number of benzene rings is 2. The highest BCUT2D eigenvalue weighted by molar-refractivity contribution is 5.97. The molecule has 8 heteroatoms. The summed E-state index contributed by atoms with van der Waals surface area (Å²) < 4.78 is 1.44. The van der Waals surface area contributed by atoms with Gasteiger partial charge < -0.3 is 5.32 Å². The maximum atomic E-state index is 12.6. The van der Waals surface area contributed by atoms with Crippen molar-refractivity contribution < 1.29 is 9.59 Å². The van der Waals surface area contributed by atoms with Crippen LogP contribution in [-0.2, 0) is 11.3 Å². The molecule has 0 aliphatic carbocycles. The van der Waals surface area contributed by atoms with E-state index in [1.165, 1.54) is 4.57 Å². The van der Waals surface area contributed by atoms with Crippen LogP contribution < -0.4 is 21.7 Å². The molecule has 0 atom stereocenters. The van der Waals surface area contributed by atoms with Crippen molar-refractivity contribution in [2.45, 2.75) is 26.8 Å². The van der Waals surface area contributed by atoms with Crippen LogP contribution >= 0.6 is 0 Å². The molecule has 3 aromatic rings. The molecule has 0 fully saturated rings. The van der Waals surface area contributed by atoms with Crippen LogP contribution in [0.1, 0.15) is 30.6 Å². The highest BCUT2D eigenvalue weighted by Gasteiger charge is 2.12. The van der Waals surface area contributed by atoms with Gasteiger partial charge in [-0.25, -0.2) is 4.98 Å². The summed E-state index contributed by atoms with van der Waals surface area (Å²) in [6.07, 6.45) is 0.347. The minimum atomic E-state index is -0.419. The average molecular weight is 379 g/mol. The number of carbonyl (C=O) groups excluding carboxylic acids is 2.